The van der Waals surface area contributed by atoms with Crippen LogP contribution in [-0.2, 0) is 17.4 Å². The van der Waals surface area contributed by atoms with Crippen LogP contribution in [-0.4, -0.2) is 16.9 Å². The molecule has 0 aromatic heterocycles. The molecule has 0 spiro atoms. The molecule has 0 fully saturated rings. The normalized spacial score (nSPS) is 15.6. The van der Waals surface area contributed by atoms with Crippen LogP contribution < -0.4 is 4.74 Å². The molecular weight excluding hydrogens is 479 g/mol. The number of carbonyl (C=O) groups is 2. The lowest BCUT2D eigenvalue weighted by molar-refractivity contribution is 0.0697. The van der Waals surface area contributed by atoms with Gasteiger partial charge in [-0.25, -0.2) is 9.18 Å². The Hall–Kier alpha value is -3.99. The van der Waals surface area contributed by atoms with E-state index in [9.17, 15) is 19.1 Å². The van der Waals surface area contributed by atoms with Crippen molar-refractivity contribution < 1.29 is 23.8 Å². The van der Waals surface area contributed by atoms with Crippen molar-refractivity contribution in [3.63, 3.8) is 0 Å². The molecule has 0 radical (unpaired) electrons. The van der Waals surface area contributed by atoms with Crippen LogP contribution in [0.1, 0.15) is 83.5 Å². The highest BCUT2D eigenvalue weighted by molar-refractivity contribution is 6.11. The number of hydrogen-bond acceptors (Lipinski definition) is 3. The smallest absolute Gasteiger partial charge is 0.335 e. The molecule has 5 heteroatoms. The summed E-state index contributed by atoms with van der Waals surface area (Å²) in [5.74, 6) is -0.723. The molecule has 1 N–H and O–H groups in total. The van der Waals surface area contributed by atoms with E-state index in [1.54, 1.807) is 48.5 Å². The summed E-state index contributed by atoms with van der Waals surface area (Å²) in [7, 11) is 0. The molecule has 194 valence electrons. The second-order valence-electron chi connectivity index (χ2n) is 11.5. The molecule has 4 nitrogen and oxygen atoms in total. The molecule has 38 heavy (non-hydrogen) atoms. The van der Waals surface area contributed by atoms with Gasteiger partial charge in [0.05, 0.1) is 5.56 Å². The van der Waals surface area contributed by atoms with E-state index in [1.165, 1.54) is 12.1 Å². The molecule has 4 aromatic rings. The number of rotatable bonds is 6. The van der Waals surface area contributed by atoms with E-state index in [2.05, 4.69) is 27.7 Å². The SMILES string of the molecule is CC1(C)CCC(C)(C)c2c(OCc3ccc(F)cc3)cc(C(=O)c3ccc4cc(C(=O)O)ccc4c3)cc21. The maximum Gasteiger partial charge on any atom is 0.335 e. The summed E-state index contributed by atoms with van der Waals surface area (Å²) < 4.78 is 19.8. The van der Waals surface area contributed by atoms with Crippen LogP contribution in [0.15, 0.2) is 72.8 Å². The zero-order chi connectivity index (χ0) is 27.2. The van der Waals surface area contributed by atoms with Gasteiger partial charge in [-0.2, -0.15) is 0 Å². The third kappa shape index (κ3) is 4.81. The van der Waals surface area contributed by atoms with Crippen LogP contribution in [0.3, 0.4) is 0 Å². The molecule has 0 heterocycles. The minimum Gasteiger partial charge on any atom is -0.489 e. The van der Waals surface area contributed by atoms with Gasteiger partial charge in [-0.3, -0.25) is 4.79 Å². The third-order valence-electron chi connectivity index (χ3n) is 7.80. The predicted molar refractivity (Wildman–Crippen MR) is 147 cm³/mol. The fourth-order valence-electron chi connectivity index (χ4n) is 5.41. The summed E-state index contributed by atoms with van der Waals surface area (Å²) in [4.78, 5) is 25.1. The number of fused-ring (bicyclic) bond motifs is 2. The molecule has 0 unspecified atom stereocenters. The second-order valence-corrected chi connectivity index (χ2v) is 11.5. The predicted octanol–water partition coefficient (Wildman–Crippen LogP) is 7.84. The van der Waals surface area contributed by atoms with E-state index in [0.717, 1.165) is 40.3 Å². The van der Waals surface area contributed by atoms with Gasteiger partial charge in [0.1, 0.15) is 18.2 Å². The minimum atomic E-state index is -0.986. The molecule has 5 rings (SSSR count). The highest BCUT2D eigenvalue weighted by atomic mass is 19.1. The molecule has 0 aliphatic heterocycles. The molecule has 0 amide bonds. The van der Waals surface area contributed by atoms with Gasteiger partial charge in [-0.15, -0.1) is 0 Å². The number of aromatic carboxylic acids is 1. The Morgan fingerprint density at radius 3 is 2.05 bits per heavy atom. The summed E-state index contributed by atoms with van der Waals surface area (Å²) in [5, 5.41) is 10.8. The zero-order valence-electron chi connectivity index (χ0n) is 22.1. The summed E-state index contributed by atoms with van der Waals surface area (Å²) in [6.07, 6.45) is 1.99. The lowest BCUT2D eigenvalue weighted by atomic mass is 9.62. The first-order valence-corrected chi connectivity index (χ1v) is 12.8. The van der Waals surface area contributed by atoms with Crippen molar-refractivity contribution in [3.8, 4) is 5.75 Å². The van der Waals surface area contributed by atoms with Crippen molar-refractivity contribution in [2.45, 2.75) is 58.0 Å². The Bertz CT molecular complexity index is 1560. The molecule has 1 aliphatic carbocycles. The van der Waals surface area contributed by atoms with Crippen molar-refractivity contribution in [2.24, 2.45) is 0 Å². The van der Waals surface area contributed by atoms with Crippen LogP contribution in [0.5, 0.6) is 5.75 Å². The molecular formula is C33H31FO4. The van der Waals surface area contributed by atoms with E-state index in [-0.39, 0.29) is 34.6 Å². The number of hydrogen-bond donors (Lipinski definition) is 1. The molecule has 0 saturated carbocycles. The number of ketones is 1. The molecule has 1 aliphatic rings. The monoisotopic (exact) mass is 510 g/mol. The minimum absolute atomic E-state index is 0.122. The highest BCUT2D eigenvalue weighted by Crippen LogP contribution is 2.50. The standard InChI is InChI=1S/C33H31FO4/c1-32(2)13-14-33(3,4)29-27(32)17-25(18-28(29)38-19-20-5-11-26(34)12-6-20)30(35)23-9-7-22-16-24(31(36)37)10-8-21(22)15-23/h5-12,15-18H,13-14,19H2,1-4H3,(H,36,37). The Labute approximate surface area is 222 Å². The van der Waals surface area contributed by atoms with Crippen LogP contribution in [0.25, 0.3) is 10.8 Å². The van der Waals surface area contributed by atoms with Crippen LogP contribution in [0.4, 0.5) is 4.39 Å². The van der Waals surface area contributed by atoms with E-state index < -0.39 is 5.97 Å². The largest absolute Gasteiger partial charge is 0.489 e. The Kier molecular flexibility index (Phi) is 6.34. The van der Waals surface area contributed by atoms with Gasteiger partial charge in [-0.05, 0) is 88.0 Å². The maximum absolute atomic E-state index is 13.8. The van der Waals surface area contributed by atoms with Crippen molar-refractivity contribution in [3.05, 3.63) is 112 Å². The van der Waals surface area contributed by atoms with Crippen LogP contribution in [0, 0.1) is 5.82 Å². The van der Waals surface area contributed by atoms with Crippen molar-refractivity contribution in [1.29, 1.82) is 0 Å². The average Bonchev–Trinajstić information content (AvgIpc) is 2.89. The number of benzene rings is 4. The Balaban J connectivity index is 1.58. The van der Waals surface area contributed by atoms with Gasteiger partial charge in [0.2, 0.25) is 0 Å². The number of carboxylic acid groups (broad SMARTS) is 1. The summed E-state index contributed by atoms with van der Waals surface area (Å²) in [6.45, 7) is 9.09. The van der Waals surface area contributed by atoms with Gasteiger partial charge in [0, 0.05) is 16.7 Å². The lowest BCUT2D eigenvalue weighted by Gasteiger charge is -2.42. The van der Waals surface area contributed by atoms with E-state index in [1.807, 2.05) is 12.1 Å². The lowest BCUT2D eigenvalue weighted by Crippen LogP contribution is -2.34. The van der Waals surface area contributed by atoms with Gasteiger partial charge >= 0.3 is 5.97 Å². The second kappa shape index (κ2) is 9.39. The van der Waals surface area contributed by atoms with Crippen molar-refractivity contribution >= 4 is 22.5 Å². The topological polar surface area (TPSA) is 63.6 Å². The number of halogens is 1. The average molecular weight is 511 g/mol. The first-order chi connectivity index (χ1) is 17.9. The van der Waals surface area contributed by atoms with Crippen molar-refractivity contribution in [2.75, 3.05) is 0 Å². The van der Waals surface area contributed by atoms with Crippen LogP contribution >= 0.6 is 0 Å². The fourth-order valence-corrected chi connectivity index (χ4v) is 5.41. The molecule has 4 aromatic carbocycles. The first-order valence-electron chi connectivity index (χ1n) is 12.8. The van der Waals surface area contributed by atoms with Crippen LogP contribution in [0.2, 0.25) is 0 Å². The fraction of sp³-hybridized carbons (Fsp3) is 0.273. The molecule has 0 atom stereocenters. The van der Waals surface area contributed by atoms with E-state index in [4.69, 9.17) is 4.74 Å². The summed E-state index contributed by atoms with van der Waals surface area (Å²) >= 11 is 0. The molecule has 0 saturated heterocycles. The van der Waals surface area contributed by atoms with Gasteiger partial charge in [-0.1, -0.05) is 58.0 Å². The highest BCUT2D eigenvalue weighted by Gasteiger charge is 2.40. The Morgan fingerprint density at radius 1 is 0.789 bits per heavy atom. The van der Waals surface area contributed by atoms with E-state index in [0.29, 0.717) is 16.9 Å². The van der Waals surface area contributed by atoms with Gasteiger partial charge in [0.25, 0.3) is 0 Å². The summed E-state index contributed by atoms with van der Waals surface area (Å²) in [6, 6.07) is 20.3. The molecule has 0 bridgehead atoms. The number of ether oxygens (including phenoxy) is 1. The van der Waals surface area contributed by atoms with E-state index >= 15 is 0 Å². The number of carboxylic acids is 1. The third-order valence-corrected chi connectivity index (χ3v) is 7.80. The van der Waals surface area contributed by atoms with Crippen molar-refractivity contribution in [1.82, 2.24) is 0 Å². The van der Waals surface area contributed by atoms with Gasteiger partial charge in [0.15, 0.2) is 5.78 Å². The quantitative estimate of drug-likeness (QED) is 0.268. The zero-order valence-corrected chi connectivity index (χ0v) is 22.1. The maximum atomic E-state index is 13.8. The number of carbonyl (C=O) groups excluding carboxylic acids is 1. The summed E-state index contributed by atoms with van der Waals surface area (Å²) in [5.41, 5.74) is 4.09. The Morgan fingerprint density at radius 2 is 1.39 bits per heavy atom. The first kappa shape index (κ1) is 25.7. The van der Waals surface area contributed by atoms with Gasteiger partial charge < -0.3 is 9.84 Å².